The Bertz CT molecular complexity index is 224. The number of thiophene rings is 1. The lowest BCUT2D eigenvalue weighted by molar-refractivity contribution is 0.0823. The van der Waals surface area contributed by atoms with E-state index in [-0.39, 0.29) is 5.82 Å². The molecule has 3 heteroatoms. The lowest BCUT2D eigenvalue weighted by atomic mass is 10.1. The molecule has 0 saturated heterocycles. The zero-order valence-corrected chi connectivity index (χ0v) is 6.70. The second-order valence-electron chi connectivity index (χ2n) is 2.69. The maximum atomic E-state index is 12.4. The van der Waals surface area contributed by atoms with Crippen LogP contribution >= 0.6 is 11.3 Å². The molecule has 1 aromatic rings. The fourth-order valence-corrected chi connectivity index (χ4v) is 1.41. The molecule has 1 N–H and O–H groups in total. The van der Waals surface area contributed by atoms with Crippen LogP contribution in [0.5, 0.6) is 0 Å². The van der Waals surface area contributed by atoms with Gasteiger partial charge in [0.25, 0.3) is 0 Å². The molecule has 0 aliphatic rings. The van der Waals surface area contributed by atoms with Gasteiger partial charge in [0.2, 0.25) is 0 Å². The van der Waals surface area contributed by atoms with Crippen molar-refractivity contribution in [3.63, 3.8) is 0 Å². The molecule has 0 atom stereocenters. The minimum Gasteiger partial charge on any atom is -0.385 e. The SMILES string of the molecule is CC(C)(O)c1cc(F)cs1. The largest absolute Gasteiger partial charge is 0.385 e. The smallest absolute Gasteiger partial charge is 0.134 e. The molecular formula is C7H9FOS. The van der Waals surface area contributed by atoms with Crippen LogP contribution in [0.2, 0.25) is 0 Å². The van der Waals surface area contributed by atoms with E-state index in [4.69, 9.17) is 0 Å². The van der Waals surface area contributed by atoms with Crippen molar-refractivity contribution in [3.05, 3.63) is 22.1 Å². The maximum absolute atomic E-state index is 12.4. The highest BCUT2D eigenvalue weighted by Crippen LogP contribution is 2.25. The van der Waals surface area contributed by atoms with Gasteiger partial charge in [-0.1, -0.05) is 0 Å². The van der Waals surface area contributed by atoms with Crippen molar-refractivity contribution in [2.75, 3.05) is 0 Å². The molecule has 0 bridgehead atoms. The highest BCUT2D eigenvalue weighted by molar-refractivity contribution is 7.10. The van der Waals surface area contributed by atoms with Crippen molar-refractivity contribution >= 4 is 11.3 Å². The van der Waals surface area contributed by atoms with E-state index in [0.29, 0.717) is 4.88 Å². The quantitative estimate of drug-likeness (QED) is 0.667. The summed E-state index contributed by atoms with van der Waals surface area (Å²) in [5.41, 5.74) is -0.908. The van der Waals surface area contributed by atoms with Crippen LogP contribution in [0.3, 0.4) is 0 Å². The van der Waals surface area contributed by atoms with Crippen molar-refractivity contribution in [1.29, 1.82) is 0 Å². The van der Waals surface area contributed by atoms with Gasteiger partial charge in [0.1, 0.15) is 5.82 Å². The number of rotatable bonds is 1. The van der Waals surface area contributed by atoms with Crippen molar-refractivity contribution in [3.8, 4) is 0 Å². The van der Waals surface area contributed by atoms with Gasteiger partial charge in [-0.05, 0) is 19.9 Å². The average molecular weight is 160 g/mol. The Morgan fingerprint density at radius 2 is 2.20 bits per heavy atom. The Balaban J connectivity index is 2.96. The third-order valence-electron chi connectivity index (χ3n) is 1.17. The molecule has 0 radical (unpaired) electrons. The molecule has 0 amide bonds. The van der Waals surface area contributed by atoms with Crippen LogP contribution in [0.15, 0.2) is 11.4 Å². The Labute approximate surface area is 63.1 Å². The first-order valence-corrected chi connectivity index (χ1v) is 3.85. The Morgan fingerprint density at radius 3 is 2.40 bits per heavy atom. The highest BCUT2D eigenvalue weighted by atomic mass is 32.1. The molecule has 1 heterocycles. The van der Waals surface area contributed by atoms with Gasteiger partial charge in [-0.3, -0.25) is 0 Å². The van der Waals surface area contributed by atoms with E-state index < -0.39 is 5.60 Å². The van der Waals surface area contributed by atoms with E-state index in [1.807, 2.05) is 0 Å². The lowest BCUT2D eigenvalue weighted by Crippen LogP contribution is -2.12. The summed E-state index contributed by atoms with van der Waals surface area (Å²) < 4.78 is 12.4. The van der Waals surface area contributed by atoms with Crippen molar-refractivity contribution < 1.29 is 9.50 Å². The molecular weight excluding hydrogens is 151 g/mol. The lowest BCUT2D eigenvalue weighted by Gasteiger charge is -2.13. The van der Waals surface area contributed by atoms with Crippen molar-refractivity contribution in [1.82, 2.24) is 0 Å². The Morgan fingerprint density at radius 1 is 1.60 bits per heavy atom. The molecule has 1 nitrogen and oxygen atoms in total. The summed E-state index contributed by atoms with van der Waals surface area (Å²) in [6, 6.07) is 1.35. The molecule has 0 saturated carbocycles. The zero-order valence-electron chi connectivity index (χ0n) is 5.89. The molecule has 0 spiro atoms. The van der Waals surface area contributed by atoms with Crippen LogP contribution in [0.25, 0.3) is 0 Å². The summed E-state index contributed by atoms with van der Waals surface area (Å²) >= 11 is 1.23. The van der Waals surface area contributed by atoms with Gasteiger partial charge < -0.3 is 5.11 Å². The molecule has 56 valence electrons. The van der Waals surface area contributed by atoms with Gasteiger partial charge in [0, 0.05) is 10.3 Å². The summed E-state index contributed by atoms with van der Waals surface area (Å²) in [6.45, 7) is 3.27. The minimum atomic E-state index is -0.908. The minimum absolute atomic E-state index is 0.276. The first kappa shape index (κ1) is 7.69. The van der Waals surface area contributed by atoms with E-state index in [0.717, 1.165) is 0 Å². The van der Waals surface area contributed by atoms with E-state index in [1.165, 1.54) is 22.8 Å². The molecule has 1 rings (SSSR count). The number of hydrogen-bond acceptors (Lipinski definition) is 2. The summed E-state index contributed by atoms with van der Waals surface area (Å²) in [5, 5.41) is 10.7. The van der Waals surface area contributed by atoms with Gasteiger partial charge in [-0.2, -0.15) is 0 Å². The van der Waals surface area contributed by atoms with Crippen LogP contribution in [0.4, 0.5) is 4.39 Å². The number of hydrogen-bond donors (Lipinski definition) is 1. The highest BCUT2D eigenvalue weighted by Gasteiger charge is 2.17. The molecule has 0 aromatic carbocycles. The van der Waals surface area contributed by atoms with Gasteiger partial charge in [-0.25, -0.2) is 4.39 Å². The van der Waals surface area contributed by atoms with Crippen LogP contribution in [0.1, 0.15) is 18.7 Å². The van der Waals surface area contributed by atoms with Gasteiger partial charge >= 0.3 is 0 Å². The second kappa shape index (κ2) is 2.32. The molecule has 0 aliphatic carbocycles. The monoisotopic (exact) mass is 160 g/mol. The fraction of sp³-hybridized carbons (Fsp3) is 0.429. The Kier molecular flexibility index (Phi) is 1.79. The van der Waals surface area contributed by atoms with E-state index in [2.05, 4.69) is 0 Å². The van der Waals surface area contributed by atoms with Gasteiger partial charge in [0.15, 0.2) is 0 Å². The third kappa shape index (κ3) is 1.55. The van der Waals surface area contributed by atoms with E-state index in [1.54, 1.807) is 13.8 Å². The molecule has 0 aliphatic heterocycles. The summed E-state index contributed by atoms with van der Waals surface area (Å²) in [5.74, 6) is -0.276. The normalized spacial score (nSPS) is 12.0. The topological polar surface area (TPSA) is 20.2 Å². The van der Waals surface area contributed by atoms with E-state index in [9.17, 15) is 9.50 Å². The van der Waals surface area contributed by atoms with Crippen molar-refractivity contribution in [2.24, 2.45) is 0 Å². The van der Waals surface area contributed by atoms with Crippen LogP contribution < -0.4 is 0 Å². The van der Waals surface area contributed by atoms with Gasteiger partial charge in [0.05, 0.1) is 5.60 Å². The second-order valence-corrected chi connectivity index (χ2v) is 3.60. The van der Waals surface area contributed by atoms with Gasteiger partial charge in [-0.15, -0.1) is 11.3 Å². The summed E-state index contributed by atoms with van der Waals surface area (Å²) in [4.78, 5) is 0.657. The predicted molar refractivity (Wildman–Crippen MR) is 39.5 cm³/mol. The first-order valence-electron chi connectivity index (χ1n) is 2.97. The summed E-state index contributed by atoms with van der Waals surface area (Å²) in [6.07, 6.45) is 0. The standard InChI is InChI=1S/C7H9FOS/c1-7(2,9)6-3-5(8)4-10-6/h3-4,9H,1-2H3. The number of aliphatic hydroxyl groups is 1. The van der Waals surface area contributed by atoms with Crippen LogP contribution in [-0.2, 0) is 5.60 Å². The Hall–Kier alpha value is -0.410. The van der Waals surface area contributed by atoms with Crippen molar-refractivity contribution in [2.45, 2.75) is 19.4 Å². The fourth-order valence-electron chi connectivity index (χ4n) is 0.634. The first-order chi connectivity index (χ1) is 4.50. The van der Waals surface area contributed by atoms with E-state index >= 15 is 0 Å². The molecule has 0 fully saturated rings. The van der Waals surface area contributed by atoms with Crippen LogP contribution in [0, 0.1) is 5.82 Å². The maximum Gasteiger partial charge on any atom is 0.134 e. The average Bonchev–Trinajstić information content (AvgIpc) is 2.11. The molecule has 1 aromatic heterocycles. The third-order valence-corrected chi connectivity index (χ3v) is 2.38. The molecule has 0 unspecified atom stereocenters. The predicted octanol–water partition coefficient (Wildman–Crippen LogP) is 2.11. The molecule has 10 heavy (non-hydrogen) atoms. The number of halogens is 1. The van der Waals surface area contributed by atoms with Crippen LogP contribution in [-0.4, -0.2) is 5.11 Å². The summed E-state index contributed by atoms with van der Waals surface area (Å²) in [7, 11) is 0. The zero-order chi connectivity index (χ0) is 7.78.